The molecule has 0 aliphatic carbocycles. The molecule has 0 saturated carbocycles. The van der Waals surface area contributed by atoms with Crippen molar-refractivity contribution in [3.8, 4) is 5.75 Å². The van der Waals surface area contributed by atoms with Crippen LogP contribution in [0.4, 0.5) is 4.39 Å². The van der Waals surface area contributed by atoms with Gasteiger partial charge in [0.2, 0.25) is 0 Å². The summed E-state index contributed by atoms with van der Waals surface area (Å²) in [7, 11) is 0. The molecule has 0 unspecified atom stereocenters. The highest BCUT2D eigenvalue weighted by atomic mass is 79.9. The van der Waals surface area contributed by atoms with Gasteiger partial charge in [-0.3, -0.25) is 0 Å². The van der Waals surface area contributed by atoms with Gasteiger partial charge < -0.3 is 4.74 Å². The Kier molecular flexibility index (Phi) is 4.59. The summed E-state index contributed by atoms with van der Waals surface area (Å²) in [6, 6.07) is 11.0. The molecular weight excluding hydrogens is 307 g/mol. The van der Waals surface area contributed by atoms with Crippen molar-refractivity contribution >= 4 is 15.9 Å². The first kappa shape index (κ1) is 14.1. The number of ether oxygens (including phenoxy) is 1. The largest absolute Gasteiger partial charge is 0.489 e. The molecule has 0 amide bonds. The maximum absolute atomic E-state index is 13.4. The average Bonchev–Trinajstić information content (AvgIpc) is 2.34. The third-order valence-corrected chi connectivity index (χ3v) is 3.42. The lowest BCUT2D eigenvalue weighted by molar-refractivity contribution is 0.304. The molecule has 3 heteroatoms. The summed E-state index contributed by atoms with van der Waals surface area (Å²) in [6.45, 7) is 4.57. The van der Waals surface area contributed by atoms with Crippen LogP contribution in [-0.4, -0.2) is 0 Å². The summed E-state index contributed by atoms with van der Waals surface area (Å²) in [4.78, 5) is 0. The molecule has 0 radical (unpaired) electrons. The van der Waals surface area contributed by atoms with Gasteiger partial charge in [0.05, 0.1) is 0 Å². The van der Waals surface area contributed by atoms with E-state index < -0.39 is 0 Å². The van der Waals surface area contributed by atoms with Crippen LogP contribution in [0.3, 0.4) is 0 Å². The molecule has 2 aromatic carbocycles. The fraction of sp³-hybridized carbons (Fsp3) is 0.250. The van der Waals surface area contributed by atoms with Gasteiger partial charge in [0, 0.05) is 11.4 Å². The molecule has 0 aliphatic heterocycles. The lowest BCUT2D eigenvalue weighted by atomic mass is 10.1. The molecule has 0 atom stereocenters. The van der Waals surface area contributed by atoms with Crippen LogP contribution in [0.1, 0.15) is 22.3 Å². The molecule has 0 aliphatic rings. The van der Waals surface area contributed by atoms with Crippen LogP contribution in [0.25, 0.3) is 0 Å². The molecule has 19 heavy (non-hydrogen) atoms. The lowest BCUT2D eigenvalue weighted by Crippen LogP contribution is -1.97. The fourth-order valence-electron chi connectivity index (χ4n) is 2.10. The molecule has 0 spiro atoms. The van der Waals surface area contributed by atoms with Crippen molar-refractivity contribution in [2.24, 2.45) is 0 Å². The van der Waals surface area contributed by atoms with Crippen molar-refractivity contribution in [1.29, 1.82) is 0 Å². The quantitative estimate of drug-likeness (QED) is 0.726. The smallest absolute Gasteiger partial charge is 0.127 e. The summed E-state index contributed by atoms with van der Waals surface area (Å²) in [5, 5.41) is 0.616. The minimum absolute atomic E-state index is 0.271. The third-order valence-electron chi connectivity index (χ3n) is 2.77. The van der Waals surface area contributed by atoms with Gasteiger partial charge in [-0.2, -0.15) is 0 Å². The topological polar surface area (TPSA) is 9.23 Å². The highest BCUT2D eigenvalue weighted by Gasteiger charge is 2.02. The van der Waals surface area contributed by atoms with E-state index in [0.717, 1.165) is 11.1 Å². The normalized spacial score (nSPS) is 10.5. The zero-order valence-electron chi connectivity index (χ0n) is 11.0. The Balaban J connectivity index is 2.11. The number of alkyl halides is 1. The SMILES string of the molecule is Cc1cc(C)cc(COc2cc(F)cc(CBr)c2)c1. The third kappa shape index (κ3) is 4.06. The second kappa shape index (κ2) is 6.20. The Morgan fingerprint density at radius 2 is 1.63 bits per heavy atom. The maximum Gasteiger partial charge on any atom is 0.127 e. The van der Waals surface area contributed by atoms with E-state index in [4.69, 9.17) is 4.74 Å². The van der Waals surface area contributed by atoms with Crippen molar-refractivity contribution in [1.82, 2.24) is 0 Å². The van der Waals surface area contributed by atoms with Crippen molar-refractivity contribution in [3.63, 3.8) is 0 Å². The molecular formula is C16H16BrFO. The summed E-state index contributed by atoms with van der Waals surface area (Å²) in [5.74, 6) is 0.293. The van der Waals surface area contributed by atoms with Gasteiger partial charge in [-0.05, 0) is 37.1 Å². The maximum atomic E-state index is 13.4. The van der Waals surface area contributed by atoms with Crippen molar-refractivity contribution in [2.75, 3.05) is 0 Å². The minimum atomic E-state index is -0.271. The fourth-order valence-corrected chi connectivity index (χ4v) is 2.42. The van der Waals surface area contributed by atoms with Crippen LogP contribution in [0.15, 0.2) is 36.4 Å². The molecule has 2 aromatic rings. The number of halogens is 2. The Morgan fingerprint density at radius 3 is 2.26 bits per heavy atom. The van der Waals surface area contributed by atoms with Gasteiger partial charge in [-0.25, -0.2) is 4.39 Å². The predicted octanol–water partition coefficient (Wildman–Crippen LogP) is 4.92. The monoisotopic (exact) mass is 322 g/mol. The second-order valence-electron chi connectivity index (χ2n) is 4.71. The van der Waals surface area contributed by atoms with Gasteiger partial charge in [0.25, 0.3) is 0 Å². The number of rotatable bonds is 4. The zero-order valence-corrected chi connectivity index (χ0v) is 12.6. The van der Waals surface area contributed by atoms with E-state index >= 15 is 0 Å². The second-order valence-corrected chi connectivity index (χ2v) is 5.27. The van der Waals surface area contributed by atoms with Gasteiger partial charge >= 0.3 is 0 Å². The molecule has 0 fully saturated rings. The minimum Gasteiger partial charge on any atom is -0.489 e. The highest BCUT2D eigenvalue weighted by molar-refractivity contribution is 9.08. The summed E-state index contributed by atoms with van der Waals surface area (Å²) in [5.41, 5.74) is 4.38. The number of benzene rings is 2. The Labute approximate surface area is 121 Å². The van der Waals surface area contributed by atoms with Gasteiger partial charge in [0.15, 0.2) is 0 Å². The van der Waals surface area contributed by atoms with Crippen LogP contribution in [-0.2, 0) is 11.9 Å². The molecule has 1 nitrogen and oxygen atoms in total. The van der Waals surface area contributed by atoms with Crippen LogP contribution < -0.4 is 4.74 Å². The Hall–Kier alpha value is -1.35. The van der Waals surface area contributed by atoms with Crippen LogP contribution >= 0.6 is 15.9 Å². The molecule has 100 valence electrons. The highest BCUT2D eigenvalue weighted by Crippen LogP contribution is 2.20. The molecule has 2 rings (SSSR count). The molecule has 0 bridgehead atoms. The van der Waals surface area contributed by atoms with E-state index in [1.54, 1.807) is 0 Å². The number of hydrogen-bond acceptors (Lipinski definition) is 1. The van der Waals surface area contributed by atoms with Gasteiger partial charge in [0.1, 0.15) is 18.2 Å². The number of aryl methyl sites for hydroxylation is 2. The number of hydrogen-bond donors (Lipinski definition) is 0. The first-order valence-corrected chi connectivity index (χ1v) is 7.24. The van der Waals surface area contributed by atoms with E-state index in [1.807, 2.05) is 6.07 Å². The van der Waals surface area contributed by atoms with Gasteiger partial charge in [-0.1, -0.05) is 45.3 Å². The molecule has 0 N–H and O–H groups in total. The van der Waals surface area contributed by atoms with Crippen LogP contribution in [0.2, 0.25) is 0 Å². The molecule has 0 saturated heterocycles. The molecule has 0 heterocycles. The Bertz CT molecular complexity index is 561. The van der Waals surface area contributed by atoms with E-state index in [9.17, 15) is 4.39 Å². The predicted molar refractivity (Wildman–Crippen MR) is 79.3 cm³/mol. The van der Waals surface area contributed by atoms with Gasteiger partial charge in [-0.15, -0.1) is 0 Å². The first-order valence-electron chi connectivity index (χ1n) is 6.12. The summed E-state index contributed by atoms with van der Waals surface area (Å²) in [6.07, 6.45) is 0. The lowest BCUT2D eigenvalue weighted by Gasteiger charge is -2.09. The van der Waals surface area contributed by atoms with E-state index in [-0.39, 0.29) is 5.82 Å². The Morgan fingerprint density at radius 1 is 0.947 bits per heavy atom. The molecule has 0 aromatic heterocycles. The van der Waals surface area contributed by atoms with Crippen molar-refractivity contribution in [2.45, 2.75) is 25.8 Å². The average molecular weight is 323 g/mol. The van der Waals surface area contributed by atoms with Crippen molar-refractivity contribution < 1.29 is 9.13 Å². The van der Waals surface area contributed by atoms with E-state index in [0.29, 0.717) is 17.7 Å². The van der Waals surface area contributed by atoms with E-state index in [1.165, 1.54) is 23.3 Å². The van der Waals surface area contributed by atoms with Crippen LogP contribution in [0, 0.1) is 19.7 Å². The first-order chi connectivity index (χ1) is 9.06. The summed E-state index contributed by atoms with van der Waals surface area (Å²) < 4.78 is 19.0. The van der Waals surface area contributed by atoms with Crippen LogP contribution in [0.5, 0.6) is 5.75 Å². The summed E-state index contributed by atoms with van der Waals surface area (Å²) >= 11 is 3.32. The standard InChI is InChI=1S/C16H16BrFO/c1-11-3-12(2)5-14(4-11)10-19-16-7-13(9-17)6-15(18)8-16/h3-8H,9-10H2,1-2H3. The van der Waals surface area contributed by atoms with Crippen molar-refractivity contribution in [3.05, 3.63) is 64.5 Å². The zero-order chi connectivity index (χ0) is 13.8. The van der Waals surface area contributed by atoms with E-state index in [2.05, 4.69) is 48.0 Å².